The van der Waals surface area contributed by atoms with E-state index >= 15 is 0 Å². The zero-order chi connectivity index (χ0) is 21.0. The molecule has 0 spiro atoms. The van der Waals surface area contributed by atoms with E-state index in [-0.39, 0.29) is 5.69 Å². The summed E-state index contributed by atoms with van der Waals surface area (Å²) in [5, 5.41) is 7.67. The van der Waals surface area contributed by atoms with Gasteiger partial charge in [0, 0.05) is 59.3 Å². The van der Waals surface area contributed by atoms with Gasteiger partial charge < -0.3 is 10.2 Å². The second-order valence-corrected chi connectivity index (χ2v) is 7.60. The first-order valence-electron chi connectivity index (χ1n) is 10.2. The number of aryl methyl sites for hydroxylation is 2. The minimum atomic E-state index is -4.20. The molecule has 3 heterocycles. The van der Waals surface area contributed by atoms with E-state index < -0.39 is 12.2 Å². The van der Waals surface area contributed by atoms with Crippen LogP contribution in [-0.2, 0) is 19.5 Å². The molecule has 1 aromatic heterocycles. The molecule has 0 amide bonds. The number of aliphatic imine (C=N–C) groups is 1. The van der Waals surface area contributed by atoms with Crippen molar-refractivity contribution in [2.24, 2.45) is 4.99 Å². The van der Waals surface area contributed by atoms with Gasteiger partial charge in [0.25, 0.3) is 0 Å². The summed E-state index contributed by atoms with van der Waals surface area (Å²) in [7, 11) is 1.67. The van der Waals surface area contributed by atoms with Crippen molar-refractivity contribution in [2.45, 2.75) is 57.9 Å². The lowest BCUT2D eigenvalue weighted by molar-refractivity contribution is -0.181. The quantitative estimate of drug-likeness (QED) is 0.438. The van der Waals surface area contributed by atoms with Gasteiger partial charge in [0.05, 0.1) is 0 Å². The summed E-state index contributed by atoms with van der Waals surface area (Å²) in [6.07, 6.45) is -0.548. The second kappa shape index (κ2) is 9.19. The van der Waals surface area contributed by atoms with Crippen molar-refractivity contribution in [1.82, 2.24) is 29.5 Å². The number of fused-ring (bicyclic) bond motifs is 1. The molecule has 1 atom stereocenters. The molecule has 164 valence electrons. The predicted molar refractivity (Wildman–Crippen MR) is 104 cm³/mol. The lowest BCUT2D eigenvalue weighted by Crippen LogP contribution is -2.56. The number of halogens is 3. The first kappa shape index (κ1) is 21.7. The minimum absolute atomic E-state index is 0.0426. The fourth-order valence-corrected chi connectivity index (χ4v) is 3.88. The van der Waals surface area contributed by atoms with Gasteiger partial charge in [-0.15, -0.1) is 0 Å². The van der Waals surface area contributed by atoms with Crippen molar-refractivity contribution >= 4 is 5.96 Å². The van der Waals surface area contributed by atoms with Crippen molar-refractivity contribution in [1.29, 1.82) is 0 Å². The standard InChI is InChI=1S/C18H30F3N7O/c1-14(18(19,20)21)25-10-12-26(13-11-25)16(22-2)23-7-5-9-28-17(29)27-8-4-3-6-15(27)24-28/h14H,3-13H2,1-2H3,(H,22,23). The molecule has 8 nitrogen and oxygen atoms in total. The SMILES string of the molecule is CN=C(NCCCn1nc2n(c1=O)CCCC2)N1CCN(C(C)C(F)(F)F)CC1. The van der Waals surface area contributed by atoms with Gasteiger partial charge in [0.2, 0.25) is 0 Å². The molecule has 1 N–H and O–H groups in total. The van der Waals surface area contributed by atoms with Crippen LogP contribution in [0.3, 0.4) is 0 Å². The van der Waals surface area contributed by atoms with Gasteiger partial charge in [-0.3, -0.25) is 14.5 Å². The average Bonchev–Trinajstić information content (AvgIpc) is 3.03. The van der Waals surface area contributed by atoms with Crippen LogP contribution in [-0.4, -0.2) is 82.1 Å². The average molecular weight is 417 g/mol. The van der Waals surface area contributed by atoms with Crippen LogP contribution < -0.4 is 11.0 Å². The van der Waals surface area contributed by atoms with Crippen LogP contribution in [0.15, 0.2) is 9.79 Å². The van der Waals surface area contributed by atoms with E-state index in [0.29, 0.717) is 51.6 Å². The molecular weight excluding hydrogens is 387 g/mol. The fraction of sp³-hybridized carbons (Fsp3) is 0.833. The maximum atomic E-state index is 12.9. The van der Waals surface area contributed by atoms with E-state index in [1.807, 2.05) is 4.90 Å². The van der Waals surface area contributed by atoms with Gasteiger partial charge >= 0.3 is 11.9 Å². The predicted octanol–water partition coefficient (Wildman–Crippen LogP) is 0.915. The lowest BCUT2D eigenvalue weighted by atomic mass is 10.2. The zero-order valence-electron chi connectivity index (χ0n) is 17.1. The zero-order valence-corrected chi connectivity index (χ0v) is 17.1. The Bertz CT molecular complexity index is 762. The number of nitrogens with one attached hydrogen (secondary N) is 1. The molecule has 1 unspecified atom stereocenters. The molecule has 2 aliphatic rings. The number of guanidine groups is 1. The van der Waals surface area contributed by atoms with Gasteiger partial charge in [-0.1, -0.05) is 0 Å². The molecule has 0 bridgehead atoms. The molecule has 0 aromatic carbocycles. The number of hydrogen-bond acceptors (Lipinski definition) is 4. The molecule has 0 aliphatic carbocycles. The van der Waals surface area contributed by atoms with Crippen molar-refractivity contribution in [3.05, 3.63) is 16.3 Å². The maximum absolute atomic E-state index is 12.9. The maximum Gasteiger partial charge on any atom is 0.403 e. The number of aromatic nitrogens is 3. The van der Waals surface area contributed by atoms with E-state index in [0.717, 1.165) is 31.6 Å². The summed E-state index contributed by atoms with van der Waals surface area (Å²) in [4.78, 5) is 20.0. The van der Waals surface area contributed by atoms with E-state index in [1.165, 1.54) is 16.5 Å². The smallest absolute Gasteiger partial charge is 0.356 e. The summed E-state index contributed by atoms with van der Waals surface area (Å²) in [5.74, 6) is 1.55. The first-order valence-corrected chi connectivity index (χ1v) is 10.2. The molecular formula is C18H30F3N7O. The third-order valence-electron chi connectivity index (χ3n) is 5.71. The van der Waals surface area contributed by atoms with Crippen LogP contribution in [0.4, 0.5) is 13.2 Å². The molecule has 1 saturated heterocycles. The number of rotatable bonds is 5. The van der Waals surface area contributed by atoms with E-state index in [2.05, 4.69) is 15.4 Å². The summed E-state index contributed by atoms with van der Waals surface area (Å²) >= 11 is 0. The third-order valence-corrected chi connectivity index (χ3v) is 5.71. The summed E-state index contributed by atoms with van der Waals surface area (Å²) in [5.41, 5.74) is -0.0426. The topological polar surface area (TPSA) is 70.7 Å². The van der Waals surface area contributed by atoms with Gasteiger partial charge in [0.15, 0.2) is 5.96 Å². The Balaban J connectivity index is 1.44. The molecule has 1 fully saturated rings. The number of piperazine rings is 1. The monoisotopic (exact) mass is 417 g/mol. The molecule has 29 heavy (non-hydrogen) atoms. The van der Waals surface area contributed by atoms with Crippen LogP contribution in [0.25, 0.3) is 0 Å². The van der Waals surface area contributed by atoms with E-state index in [4.69, 9.17) is 0 Å². The number of alkyl halides is 3. The highest BCUT2D eigenvalue weighted by Crippen LogP contribution is 2.25. The Labute approximate surface area is 168 Å². The number of nitrogens with zero attached hydrogens (tertiary/aromatic N) is 6. The normalized spacial score (nSPS) is 19.9. The van der Waals surface area contributed by atoms with Crippen LogP contribution in [0, 0.1) is 0 Å². The molecule has 0 saturated carbocycles. The highest BCUT2D eigenvalue weighted by atomic mass is 19.4. The largest absolute Gasteiger partial charge is 0.403 e. The fourth-order valence-electron chi connectivity index (χ4n) is 3.88. The molecule has 2 aliphatic heterocycles. The van der Waals surface area contributed by atoms with Crippen molar-refractivity contribution < 1.29 is 13.2 Å². The molecule has 3 rings (SSSR count). The van der Waals surface area contributed by atoms with Crippen LogP contribution >= 0.6 is 0 Å². The van der Waals surface area contributed by atoms with Gasteiger partial charge in [-0.05, 0) is 26.2 Å². The van der Waals surface area contributed by atoms with Crippen LogP contribution in [0.5, 0.6) is 0 Å². The van der Waals surface area contributed by atoms with E-state index in [1.54, 1.807) is 11.6 Å². The molecule has 1 aromatic rings. The Hall–Kier alpha value is -2.04. The summed E-state index contributed by atoms with van der Waals surface area (Å²) in [6, 6.07) is -1.43. The second-order valence-electron chi connectivity index (χ2n) is 7.60. The highest BCUT2D eigenvalue weighted by Gasteiger charge is 2.41. The van der Waals surface area contributed by atoms with Crippen molar-refractivity contribution in [3.8, 4) is 0 Å². The first-order chi connectivity index (χ1) is 13.8. The summed E-state index contributed by atoms with van der Waals surface area (Å²) < 4.78 is 41.9. The van der Waals surface area contributed by atoms with Crippen molar-refractivity contribution in [2.75, 3.05) is 39.8 Å². The molecule has 0 radical (unpaired) electrons. The highest BCUT2D eigenvalue weighted by molar-refractivity contribution is 5.79. The van der Waals surface area contributed by atoms with Crippen LogP contribution in [0.1, 0.15) is 32.0 Å². The van der Waals surface area contributed by atoms with Crippen molar-refractivity contribution in [3.63, 3.8) is 0 Å². The Kier molecular flexibility index (Phi) is 6.86. The Morgan fingerprint density at radius 3 is 2.55 bits per heavy atom. The Morgan fingerprint density at radius 1 is 1.21 bits per heavy atom. The lowest BCUT2D eigenvalue weighted by Gasteiger charge is -2.39. The van der Waals surface area contributed by atoms with Crippen LogP contribution in [0.2, 0.25) is 0 Å². The van der Waals surface area contributed by atoms with Gasteiger partial charge in [-0.25, -0.2) is 9.48 Å². The molecule has 11 heteroatoms. The van der Waals surface area contributed by atoms with E-state index in [9.17, 15) is 18.0 Å². The minimum Gasteiger partial charge on any atom is -0.356 e. The third kappa shape index (κ3) is 5.12. The Morgan fingerprint density at radius 2 is 1.93 bits per heavy atom. The summed E-state index contributed by atoms with van der Waals surface area (Å²) in [6.45, 7) is 4.77. The number of hydrogen-bond donors (Lipinski definition) is 1. The van der Waals surface area contributed by atoms with Gasteiger partial charge in [0.1, 0.15) is 11.9 Å². The van der Waals surface area contributed by atoms with Gasteiger partial charge in [-0.2, -0.15) is 18.3 Å².